The lowest BCUT2D eigenvalue weighted by atomic mass is 10.1. The van der Waals surface area contributed by atoms with Crippen LogP contribution in [0.5, 0.6) is 0 Å². The van der Waals surface area contributed by atoms with Gasteiger partial charge in [-0.15, -0.1) is 0 Å². The van der Waals surface area contributed by atoms with Gasteiger partial charge in [0.05, 0.1) is 6.04 Å². The summed E-state index contributed by atoms with van der Waals surface area (Å²) < 4.78 is 1.09. The maximum Gasteiger partial charge on any atom is 0.238 e. The molecule has 1 rings (SSSR count). The zero-order chi connectivity index (χ0) is 13.7. The van der Waals surface area contributed by atoms with Gasteiger partial charge < -0.3 is 10.2 Å². The molecule has 0 bridgehead atoms. The Morgan fingerprint density at radius 1 is 1.28 bits per heavy atom. The minimum Gasteiger partial charge on any atom is -0.347 e. The summed E-state index contributed by atoms with van der Waals surface area (Å²) in [6.07, 6.45) is 0.915. The molecule has 1 aromatic rings. The first-order valence-electron chi connectivity index (χ1n) is 6.12. The standard InChI is InChI=1S/C14H21BrN2O/c1-10(16-11(2)14(18)17(3)4)9-12-5-7-13(15)8-6-12/h5-8,10-11,16H,9H2,1-4H3. The summed E-state index contributed by atoms with van der Waals surface area (Å²) in [6.45, 7) is 4.00. The second-order valence-electron chi connectivity index (χ2n) is 4.85. The van der Waals surface area contributed by atoms with E-state index in [-0.39, 0.29) is 18.0 Å². The number of nitrogens with one attached hydrogen (secondary N) is 1. The van der Waals surface area contributed by atoms with Gasteiger partial charge in [0.1, 0.15) is 0 Å². The fraction of sp³-hybridized carbons (Fsp3) is 0.500. The van der Waals surface area contributed by atoms with Gasteiger partial charge in [-0.25, -0.2) is 0 Å². The van der Waals surface area contributed by atoms with Crippen LogP contribution in [0.1, 0.15) is 19.4 Å². The van der Waals surface area contributed by atoms with Crippen LogP contribution in [-0.2, 0) is 11.2 Å². The van der Waals surface area contributed by atoms with Gasteiger partial charge in [0.15, 0.2) is 0 Å². The van der Waals surface area contributed by atoms with Crippen molar-refractivity contribution in [1.29, 1.82) is 0 Å². The molecule has 4 heteroatoms. The Hall–Kier alpha value is -0.870. The Labute approximate surface area is 118 Å². The lowest BCUT2D eigenvalue weighted by Crippen LogP contribution is -2.45. The van der Waals surface area contributed by atoms with Gasteiger partial charge in [0.2, 0.25) is 5.91 Å². The number of likely N-dealkylation sites (N-methyl/N-ethyl adjacent to an activating group) is 1. The van der Waals surface area contributed by atoms with Crippen LogP contribution in [0, 0.1) is 0 Å². The van der Waals surface area contributed by atoms with E-state index in [1.54, 1.807) is 19.0 Å². The molecule has 0 heterocycles. The van der Waals surface area contributed by atoms with Gasteiger partial charge >= 0.3 is 0 Å². The quantitative estimate of drug-likeness (QED) is 0.905. The van der Waals surface area contributed by atoms with Crippen molar-refractivity contribution in [1.82, 2.24) is 10.2 Å². The molecule has 1 amide bonds. The van der Waals surface area contributed by atoms with Gasteiger partial charge in [-0.05, 0) is 38.0 Å². The Balaban J connectivity index is 2.48. The Kier molecular flexibility index (Phi) is 5.82. The molecular formula is C14H21BrN2O. The van der Waals surface area contributed by atoms with Crippen molar-refractivity contribution in [2.45, 2.75) is 32.4 Å². The molecule has 0 saturated heterocycles. The minimum absolute atomic E-state index is 0.109. The van der Waals surface area contributed by atoms with E-state index in [0.29, 0.717) is 0 Å². The van der Waals surface area contributed by atoms with Crippen LogP contribution < -0.4 is 5.32 Å². The fourth-order valence-electron chi connectivity index (χ4n) is 1.92. The first-order valence-corrected chi connectivity index (χ1v) is 6.91. The monoisotopic (exact) mass is 312 g/mol. The number of carbonyl (C=O) groups is 1. The first kappa shape index (κ1) is 15.2. The van der Waals surface area contributed by atoms with E-state index >= 15 is 0 Å². The molecule has 3 nitrogen and oxygen atoms in total. The highest BCUT2D eigenvalue weighted by Crippen LogP contribution is 2.12. The van der Waals surface area contributed by atoms with Crippen molar-refractivity contribution >= 4 is 21.8 Å². The highest BCUT2D eigenvalue weighted by molar-refractivity contribution is 9.10. The summed E-state index contributed by atoms with van der Waals surface area (Å²) in [4.78, 5) is 13.3. The topological polar surface area (TPSA) is 32.3 Å². The number of benzene rings is 1. The van der Waals surface area contributed by atoms with Crippen LogP contribution in [0.2, 0.25) is 0 Å². The third kappa shape index (κ3) is 4.78. The van der Waals surface area contributed by atoms with E-state index < -0.39 is 0 Å². The minimum atomic E-state index is -0.148. The molecule has 0 aliphatic carbocycles. The van der Waals surface area contributed by atoms with E-state index in [2.05, 4.69) is 40.3 Å². The third-order valence-corrected chi connectivity index (χ3v) is 3.33. The molecule has 0 aliphatic rings. The normalized spacial score (nSPS) is 14.1. The lowest BCUT2D eigenvalue weighted by molar-refractivity contribution is -0.130. The Morgan fingerprint density at radius 3 is 2.33 bits per heavy atom. The Morgan fingerprint density at radius 2 is 1.83 bits per heavy atom. The van der Waals surface area contributed by atoms with Crippen molar-refractivity contribution in [2.75, 3.05) is 14.1 Å². The highest BCUT2D eigenvalue weighted by Gasteiger charge is 2.16. The number of hydrogen-bond donors (Lipinski definition) is 1. The van der Waals surface area contributed by atoms with Crippen molar-refractivity contribution in [2.24, 2.45) is 0 Å². The molecule has 2 atom stereocenters. The molecule has 0 radical (unpaired) electrons. The second-order valence-corrected chi connectivity index (χ2v) is 5.77. The van der Waals surface area contributed by atoms with Crippen molar-refractivity contribution in [3.05, 3.63) is 34.3 Å². The first-order chi connectivity index (χ1) is 8.40. The molecule has 100 valence electrons. The van der Waals surface area contributed by atoms with E-state index in [9.17, 15) is 4.79 Å². The van der Waals surface area contributed by atoms with Crippen LogP contribution in [0.25, 0.3) is 0 Å². The lowest BCUT2D eigenvalue weighted by Gasteiger charge is -2.22. The maximum atomic E-state index is 11.7. The molecule has 0 aromatic heterocycles. The van der Waals surface area contributed by atoms with Crippen molar-refractivity contribution in [3.63, 3.8) is 0 Å². The number of carbonyl (C=O) groups excluding carboxylic acids is 1. The molecule has 0 aliphatic heterocycles. The van der Waals surface area contributed by atoms with Crippen molar-refractivity contribution in [3.8, 4) is 0 Å². The second kappa shape index (κ2) is 6.90. The summed E-state index contributed by atoms with van der Waals surface area (Å²) in [5, 5.41) is 3.32. The fourth-order valence-corrected chi connectivity index (χ4v) is 2.18. The third-order valence-electron chi connectivity index (χ3n) is 2.80. The number of rotatable bonds is 5. The van der Waals surface area contributed by atoms with E-state index in [1.807, 2.05) is 19.1 Å². The van der Waals surface area contributed by atoms with Gasteiger partial charge in [-0.1, -0.05) is 28.1 Å². The smallest absolute Gasteiger partial charge is 0.238 e. The summed E-state index contributed by atoms with van der Waals surface area (Å²) in [5.41, 5.74) is 1.27. The van der Waals surface area contributed by atoms with Crippen LogP contribution in [0.3, 0.4) is 0 Å². The van der Waals surface area contributed by atoms with Crippen LogP contribution in [-0.4, -0.2) is 37.0 Å². The summed E-state index contributed by atoms with van der Waals surface area (Å²) in [6, 6.07) is 8.39. The van der Waals surface area contributed by atoms with Crippen molar-refractivity contribution < 1.29 is 4.79 Å². The van der Waals surface area contributed by atoms with Gasteiger partial charge in [-0.3, -0.25) is 4.79 Å². The van der Waals surface area contributed by atoms with E-state index in [0.717, 1.165) is 10.9 Å². The molecule has 18 heavy (non-hydrogen) atoms. The zero-order valence-corrected chi connectivity index (χ0v) is 13.0. The summed E-state index contributed by atoms with van der Waals surface area (Å²) in [7, 11) is 3.56. The number of halogens is 1. The number of amides is 1. The summed E-state index contributed by atoms with van der Waals surface area (Å²) in [5.74, 6) is 0.109. The van der Waals surface area contributed by atoms with Gasteiger partial charge in [-0.2, -0.15) is 0 Å². The van der Waals surface area contributed by atoms with Crippen LogP contribution in [0.15, 0.2) is 28.7 Å². The summed E-state index contributed by atoms with van der Waals surface area (Å²) >= 11 is 3.42. The molecule has 1 N–H and O–H groups in total. The van der Waals surface area contributed by atoms with Crippen LogP contribution >= 0.6 is 15.9 Å². The largest absolute Gasteiger partial charge is 0.347 e. The van der Waals surface area contributed by atoms with E-state index in [4.69, 9.17) is 0 Å². The van der Waals surface area contributed by atoms with E-state index in [1.165, 1.54) is 5.56 Å². The predicted octanol–water partition coefficient (Wildman–Crippen LogP) is 2.45. The SMILES string of the molecule is CC(Cc1ccc(Br)cc1)NC(C)C(=O)N(C)C. The zero-order valence-electron chi connectivity index (χ0n) is 11.4. The molecule has 0 fully saturated rings. The molecule has 0 saturated carbocycles. The number of hydrogen-bond acceptors (Lipinski definition) is 2. The molecular weight excluding hydrogens is 292 g/mol. The molecule has 1 aromatic carbocycles. The van der Waals surface area contributed by atoms with Crippen LogP contribution in [0.4, 0.5) is 0 Å². The molecule has 2 unspecified atom stereocenters. The maximum absolute atomic E-state index is 11.7. The average molecular weight is 313 g/mol. The predicted molar refractivity (Wildman–Crippen MR) is 78.6 cm³/mol. The Bertz CT molecular complexity index is 389. The van der Waals surface area contributed by atoms with Gasteiger partial charge in [0.25, 0.3) is 0 Å². The van der Waals surface area contributed by atoms with Gasteiger partial charge in [0, 0.05) is 24.6 Å². The average Bonchev–Trinajstić information content (AvgIpc) is 2.30. The molecule has 0 spiro atoms. The highest BCUT2D eigenvalue weighted by atomic mass is 79.9. The number of nitrogens with zero attached hydrogens (tertiary/aromatic N) is 1.